The Bertz CT molecular complexity index is 680. The summed E-state index contributed by atoms with van der Waals surface area (Å²) in [7, 11) is 0. The molecule has 5 nitrogen and oxygen atoms in total. The number of hydrogen-bond acceptors (Lipinski definition) is 4. The summed E-state index contributed by atoms with van der Waals surface area (Å²) in [6.07, 6.45) is 1.48. The van der Waals surface area contributed by atoms with Crippen LogP contribution in [0.3, 0.4) is 0 Å². The van der Waals surface area contributed by atoms with Gasteiger partial charge in [-0.25, -0.2) is 18.7 Å². The third-order valence-electron chi connectivity index (χ3n) is 3.04. The summed E-state index contributed by atoms with van der Waals surface area (Å²) in [5, 5.41) is 8.84. The summed E-state index contributed by atoms with van der Waals surface area (Å²) in [6.45, 7) is 2.14. The van der Waals surface area contributed by atoms with Gasteiger partial charge in [0.2, 0.25) is 0 Å². The average Bonchev–Trinajstić information content (AvgIpc) is 2.47. The number of aryl methyl sites for hydroxylation is 1. The molecule has 0 bridgehead atoms. The molecular formula is C15H15F2N3O2. The zero-order valence-electron chi connectivity index (χ0n) is 12.0. The molecule has 7 heteroatoms. The lowest BCUT2D eigenvalue weighted by Crippen LogP contribution is -2.27. The van der Waals surface area contributed by atoms with Crippen LogP contribution in [0.5, 0.6) is 0 Å². The van der Waals surface area contributed by atoms with Crippen LogP contribution in [0, 0.1) is 18.6 Å². The lowest BCUT2D eigenvalue weighted by Gasteiger charge is -2.23. The zero-order valence-corrected chi connectivity index (χ0v) is 12.0. The molecule has 0 fully saturated rings. The van der Waals surface area contributed by atoms with E-state index in [0.29, 0.717) is 17.2 Å². The summed E-state index contributed by atoms with van der Waals surface area (Å²) in [5.74, 6) is -1.71. The van der Waals surface area contributed by atoms with Gasteiger partial charge in [-0.3, -0.25) is 4.79 Å². The van der Waals surface area contributed by atoms with Gasteiger partial charge in [0.25, 0.3) is 0 Å². The van der Waals surface area contributed by atoms with Crippen molar-refractivity contribution in [3.63, 3.8) is 0 Å². The minimum atomic E-state index is -0.943. The van der Waals surface area contributed by atoms with E-state index in [-0.39, 0.29) is 19.5 Å². The molecule has 2 rings (SSSR count). The minimum Gasteiger partial charge on any atom is -0.481 e. The SMILES string of the molecule is Cc1nccc(N(CCC(=O)O)Cc2ccc(F)c(F)c2)n1. The van der Waals surface area contributed by atoms with E-state index in [1.165, 1.54) is 6.07 Å². The van der Waals surface area contributed by atoms with Crippen molar-refractivity contribution in [3.8, 4) is 0 Å². The first-order valence-corrected chi connectivity index (χ1v) is 6.66. The first kappa shape index (κ1) is 15.8. The smallest absolute Gasteiger partial charge is 0.305 e. The highest BCUT2D eigenvalue weighted by Gasteiger charge is 2.13. The summed E-state index contributed by atoms with van der Waals surface area (Å²) in [6, 6.07) is 5.25. The van der Waals surface area contributed by atoms with Crippen LogP contribution in [0.15, 0.2) is 30.5 Å². The number of rotatable bonds is 6. The normalized spacial score (nSPS) is 10.5. The molecule has 1 N–H and O–H groups in total. The van der Waals surface area contributed by atoms with E-state index in [4.69, 9.17) is 5.11 Å². The highest BCUT2D eigenvalue weighted by Crippen LogP contribution is 2.16. The topological polar surface area (TPSA) is 66.3 Å². The van der Waals surface area contributed by atoms with Gasteiger partial charge in [-0.15, -0.1) is 0 Å². The van der Waals surface area contributed by atoms with Crippen LogP contribution in [0.1, 0.15) is 17.8 Å². The van der Waals surface area contributed by atoms with Crippen LogP contribution in [-0.4, -0.2) is 27.6 Å². The number of aromatic nitrogens is 2. The van der Waals surface area contributed by atoms with Crippen molar-refractivity contribution in [2.24, 2.45) is 0 Å². The van der Waals surface area contributed by atoms with Gasteiger partial charge < -0.3 is 10.0 Å². The Morgan fingerprint density at radius 3 is 2.68 bits per heavy atom. The van der Waals surface area contributed by atoms with Crippen LogP contribution in [0.2, 0.25) is 0 Å². The fraction of sp³-hybridized carbons (Fsp3) is 0.267. The van der Waals surface area contributed by atoms with Crippen molar-refractivity contribution >= 4 is 11.8 Å². The number of carboxylic acid groups (broad SMARTS) is 1. The predicted octanol–water partition coefficient (Wildman–Crippen LogP) is 2.54. The lowest BCUT2D eigenvalue weighted by molar-refractivity contribution is -0.136. The standard InChI is InChI=1S/C15H15F2N3O2/c1-10-18-6-4-14(19-10)20(7-5-15(21)22)9-11-2-3-12(16)13(17)8-11/h2-4,6,8H,5,7,9H2,1H3,(H,21,22). The molecule has 0 aliphatic carbocycles. The highest BCUT2D eigenvalue weighted by molar-refractivity contribution is 5.67. The Balaban J connectivity index is 2.23. The number of carboxylic acids is 1. The molecule has 0 spiro atoms. The van der Waals surface area contributed by atoms with Gasteiger partial charge in [-0.1, -0.05) is 6.07 Å². The molecule has 0 unspecified atom stereocenters. The van der Waals surface area contributed by atoms with Crippen LogP contribution in [0.25, 0.3) is 0 Å². The number of carbonyl (C=O) groups is 1. The molecule has 0 aliphatic heterocycles. The second-order valence-electron chi connectivity index (χ2n) is 4.78. The number of nitrogens with zero attached hydrogens (tertiary/aromatic N) is 3. The molecule has 22 heavy (non-hydrogen) atoms. The maximum absolute atomic E-state index is 13.3. The Hall–Kier alpha value is -2.57. The summed E-state index contributed by atoms with van der Waals surface area (Å²) >= 11 is 0. The fourth-order valence-electron chi connectivity index (χ4n) is 1.98. The van der Waals surface area contributed by atoms with Gasteiger partial charge in [0.15, 0.2) is 11.6 Å². The lowest BCUT2D eigenvalue weighted by atomic mass is 10.2. The zero-order chi connectivity index (χ0) is 16.1. The second kappa shape index (κ2) is 6.93. The summed E-state index contributed by atoms with van der Waals surface area (Å²) in [5.41, 5.74) is 0.528. The van der Waals surface area contributed by atoms with Gasteiger partial charge in [0.05, 0.1) is 6.42 Å². The van der Waals surface area contributed by atoms with E-state index in [2.05, 4.69) is 9.97 Å². The summed E-state index contributed by atoms with van der Waals surface area (Å²) in [4.78, 5) is 20.7. The molecule has 0 amide bonds. The number of halogens is 2. The molecule has 2 aromatic rings. The van der Waals surface area contributed by atoms with Crippen molar-refractivity contribution in [1.29, 1.82) is 0 Å². The van der Waals surface area contributed by atoms with E-state index in [0.717, 1.165) is 12.1 Å². The maximum Gasteiger partial charge on any atom is 0.305 e. The molecule has 0 saturated heterocycles. The van der Waals surface area contributed by atoms with Crippen molar-refractivity contribution in [1.82, 2.24) is 9.97 Å². The average molecular weight is 307 g/mol. The number of anilines is 1. The predicted molar refractivity (Wildman–Crippen MR) is 76.4 cm³/mol. The van der Waals surface area contributed by atoms with Gasteiger partial charge in [0, 0.05) is 19.3 Å². The molecule has 0 radical (unpaired) electrons. The van der Waals surface area contributed by atoms with Gasteiger partial charge >= 0.3 is 5.97 Å². The van der Waals surface area contributed by atoms with Gasteiger partial charge in [-0.2, -0.15) is 0 Å². The third-order valence-corrected chi connectivity index (χ3v) is 3.04. The summed E-state index contributed by atoms with van der Waals surface area (Å²) < 4.78 is 26.3. The van der Waals surface area contributed by atoms with Crippen molar-refractivity contribution in [3.05, 3.63) is 53.5 Å². The van der Waals surface area contributed by atoms with Crippen molar-refractivity contribution in [2.45, 2.75) is 19.9 Å². The van der Waals surface area contributed by atoms with Crippen LogP contribution >= 0.6 is 0 Å². The first-order valence-electron chi connectivity index (χ1n) is 6.66. The quantitative estimate of drug-likeness (QED) is 0.888. The van der Waals surface area contributed by atoms with Gasteiger partial charge in [-0.05, 0) is 30.7 Å². The molecule has 0 aliphatic rings. The van der Waals surface area contributed by atoms with Crippen molar-refractivity contribution < 1.29 is 18.7 Å². The molecule has 1 aromatic heterocycles. The molecule has 1 heterocycles. The van der Waals surface area contributed by atoms with Crippen LogP contribution in [-0.2, 0) is 11.3 Å². The Labute approximate surface area is 126 Å². The Morgan fingerprint density at radius 2 is 2.05 bits per heavy atom. The van der Waals surface area contributed by atoms with E-state index in [9.17, 15) is 13.6 Å². The third kappa shape index (κ3) is 4.21. The van der Waals surface area contributed by atoms with E-state index in [1.807, 2.05) is 0 Å². The Morgan fingerprint density at radius 1 is 1.27 bits per heavy atom. The van der Waals surface area contributed by atoms with Crippen LogP contribution < -0.4 is 4.90 Å². The van der Waals surface area contributed by atoms with E-state index in [1.54, 1.807) is 24.1 Å². The van der Waals surface area contributed by atoms with Gasteiger partial charge in [0.1, 0.15) is 11.6 Å². The molecular weight excluding hydrogens is 292 g/mol. The van der Waals surface area contributed by atoms with Crippen molar-refractivity contribution in [2.75, 3.05) is 11.4 Å². The monoisotopic (exact) mass is 307 g/mol. The number of hydrogen-bond donors (Lipinski definition) is 1. The van der Waals surface area contributed by atoms with E-state index < -0.39 is 17.6 Å². The first-order chi connectivity index (χ1) is 10.5. The number of benzene rings is 1. The molecule has 116 valence electrons. The minimum absolute atomic E-state index is 0.0905. The second-order valence-corrected chi connectivity index (χ2v) is 4.78. The Kier molecular flexibility index (Phi) is 4.98. The largest absolute Gasteiger partial charge is 0.481 e. The van der Waals surface area contributed by atoms with E-state index >= 15 is 0 Å². The molecule has 1 aromatic carbocycles. The van der Waals surface area contributed by atoms with Crippen LogP contribution in [0.4, 0.5) is 14.6 Å². The highest BCUT2D eigenvalue weighted by atomic mass is 19.2. The molecule has 0 atom stereocenters. The molecule has 0 saturated carbocycles. The maximum atomic E-state index is 13.3. The number of aliphatic carboxylic acids is 1. The fourth-order valence-corrected chi connectivity index (χ4v) is 1.98.